The van der Waals surface area contributed by atoms with E-state index in [1.165, 1.54) is 16.4 Å². The summed E-state index contributed by atoms with van der Waals surface area (Å²) in [6, 6.07) is -0.561. The Hall–Kier alpha value is -2.13. The fourth-order valence-electron chi connectivity index (χ4n) is 2.74. The highest BCUT2D eigenvalue weighted by Crippen LogP contribution is 2.35. The molecular formula is C14H15BN4O3S. The zero-order valence-corrected chi connectivity index (χ0v) is 13.2. The molecule has 0 aliphatic carbocycles. The number of aromatic nitrogens is 1. The molecular weight excluding hydrogens is 315 g/mol. The van der Waals surface area contributed by atoms with Crippen LogP contribution in [0.3, 0.4) is 0 Å². The van der Waals surface area contributed by atoms with Crippen molar-refractivity contribution in [3.8, 4) is 0 Å². The van der Waals surface area contributed by atoms with E-state index in [1.54, 1.807) is 17.2 Å². The third-order valence-corrected chi connectivity index (χ3v) is 4.47. The van der Waals surface area contributed by atoms with Gasteiger partial charge in [0.1, 0.15) is 11.4 Å². The third kappa shape index (κ3) is 3.02. The Labute approximate surface area is 139 Å². The predicted molar refractivity (Wildman–Crippen MR) is 88.0 cm³/mol. The number of aliphatic imine (C=N–C) groups is 1. The van der Waals surface area contributed by atoms with Crippen molar-refractivity contribution in [3.05, 3.63) is 35.3 Å². The second-order valence-electron chi connectivity index (χ2n) is 4.99. The van der Waals surface area contributed by atoms with Gasteiger partial charge >= 0.3 is 14.1 Å². The molecule has 23 heavy (non-hydrogen) atoms. The van der Waals surface area contributed by atoms with Crippen LogP contribution in [0.2, 0.25) is 0 Å². The summed E-state index contributed by atoms with van der Waals surface area (Å²) in [5.41, 5.74) is 0.962. The number of thiazole rings is 1. The predicted octanol–water partition coefficient (Wildman–Crippen LogP) is 1.26. The molecule has 0 N–H and O–H groups in total. The molecule has 2 atom stereocenters. The minimum absolute atomic E-state index is 0.146. The van der Waals surface area contributed by atoms with Gasteiger partial charge in [-0.1, -0.05) is 6.08 Å². The largest absolute Gasteiger partial charge is 0.560 e. The number of nitrogens with zero attached hydrogens (tertiary/aromatic N) is 4. The summed E-state index contributed by atoms with van der Waals surface area (Å²) in [6.45, 7) is 4.78. The maximum Gasteiger partial charge on any atom is 0.375 e. The Bertz CT molecular complexity index is 634. The van der Waals surface area contributed by atoms with Gasteiger partial charge in [-0.15, -0.1) is 17.9 Å². The van der Waals surface area contributed by atoms with Crippen molar-refractivity contribution >= 4 is 37.4 Å². The first kappa shape index (κ1) is 15.8. The number of rotatable bonds is 7. The van der Waals surface area contributed by atoms with Gasteiger partial charge in [0.25, 0.3) is 0 Å². The molecule has 1 fully saturated rings. The number of fused-ring (bicyclic) bond motifs is 2. The number of amides is 2. The molecule has 0 aromatic carbocycles. The number of hydrogen-bond acceptors (Lipinski definition) is 6. The lowest BCUT2D eigenvalue weighted by atomic mass is 9.99. The van der Waals surface area contributed by atoms with Gasteiger partial charge in [0, 0.05) is 23.7 Å². The van der Waals surface area contributed by atoms with Gasteiger partial charge in [0.2, 0.25) is 0 Å². The SMILES string of the molecule is [B]OC=NC[C@@H]1C(c2nccs2)=C[C@@H]2CN1C(=O)N2OCC=C. The maximum atomic E-state index is 12.6. The topological polar surface area (TPSA) is 67.3 Å². The Morgan fingerprint density at radius 1 is 1.61 bits per heavy atom. The minimum Gasteiger partial charge on any atom is -0.560 e. The molecule has 2 amide bonds. The number of carbonyl (C=O) groups is 1. The molecule has 3 heterocycles. The van der Waals surface area contributed by atoms with Crippen molar-refractivity contribution in [2.24, 2.45) is 4.99 Å². The molecule has 0 saturated carbocycles. The molecule has 1 aromatic heterocycles. The van der Waals surface area contributed by atoms with Gasteiger partial charge in [-0.05, 0) is 6.08 Å². The lowest BCUT2D eigenvalue weighted by molar-refractivity contribution is -0.107. The van der Waals surface area contributed by atoms with Crippen LogP contribution in [0.25, 0.3) is 5.57 Å². The standard InChI is InChI=1S/C14H15BN4O3S/c1-2-4-22-19-10-6-11(13-17-3-5-23-13)12(7-16-9-21-15)18(8-10)14(19)20/h2-3,5-6,9-10,12H,1,4,7-8H2/t10-,12-/m1/s1. The summed E-state index contributed by atoms with van der Waals surface area (Å²) in [5, 5.41) is 4.16. The first-order valence-corrected chi connectivity index (χ1v) is 7.93. The van der Waals surface area contributed by atoms with Gasteiger partial charge in [-0.25, -0.2) is 9.78 Å². The average Bonchev–Trinajstić information content (AvgIpc) is 3.17. The van der Waals surface area contributed by atoms with Gasteiger partial charge < -0.3 is 9.55 Å². The van der Waals surface area contributed by atoms with Crippen molar-refractivity contribution in [1.29, 1.82) is 0 Å². The Morgan fingerprint density at radius 3 is 3.17 bits per heavy atom. The molecule has 118 valence electrons. The van der Waals surface area contributed by atoms with Crippen LogP contribution in [-0.2, 0) is 9.49 Å². The van der Waals surface area contributed by atoms with Gasteiger partial charge in [0.15, 0.2) is 0 Å². The Balaban J connectivity index is 1.90. The van der Waals surface area contributed by atoms with Crippen molar-refractivity contribution in [2.75, 3.05) is 19.7 Å². The third-order valence-electron chi connectivity index (χ3n) is 3.65. The summed E-state index contributed by atoms with van der Waals surface area (Å²) in [4.78, 5) is 28.3. The van der Waals surface area contributed by atoms with Gasteiger partial charge in [0.05, 0.1) is 25.2 Å². The summed E-state index contributed by atoms with van der Waals surface area (Å²) in [5.74, 6) is 0. The first-order valence-electron chi connectivity index (χ1n) is 7.05. The highest BCUT2D eigenvalue weighted by molar-refractivity contribution is 7.10. The fraction of sp³-hybridized carbons (Fsp3) is 0.357. The zero-order chi connectivity index (χ0) is 16.2. The smallest absolute Gasteiger partial charge is 0.375 e. The summed E-state index contributed by atoms with van der Waals surface area (Å²) in [6.07, 6.45) is 6.53. The van der Waals surface area contributed by atoms with Crippen LogP contribution >= 0.6 is 11.3 Å². The monoisotopic (exact) mass is 330 g/mol. The summed E-state index contributed by atoms with van der Waals surface area (Å²) >= 11 is 1.52. The molecule has 7 nitrogen and oxygen atoms in total. The minimum atomic E-state index is -0.228. The molecule has 3 rings (SSSR count). The molecule has 2 radical (unpaired) electrons. The molecule has 0 unspecified atom stereocenters. The van der Waals surface area contributed by atoms with E-state index >= 15 is 0 Å². The molecule has 1 aromatic rings. The van der Waals surface area contributed by atoms with E-state index in [-0.39, 0.29) is 24.7 Å². The highest BCUT2D eigenvalue weighted by Gasteiger charge is 2.46. The number of hydroxylamine groups is 2. The van der Waals surface area contributed by atoms with Crippen LogP contribution in [0.1, 0.15) is 5.01 Å². The lowest BCUT2D eigenvalue weighted by Crippen LogP contribution is -2.42. The molecule has 1 saturated heterocycles. The van der Waals surface area contributed by atoms with Crippen LogP contribution in [0.5, 0.6) is 0 Å². The second kappa shape index (κ2) is 6.97. The van der Waals surface area contributed by atoms with Crippen LogP contribution in [0.15, 0.2) is 35.3 Å². The van der Waals surface area contributed by atoms with E-state index in [4.69, 9.17) is 12.9 Å². The van der Waals surface area contributed by atoms with Crippen LogP contribution in [-0.4, -0.2) is 67.2 Å². The molecule has 2 aliphatic rings. The van der Waals surface area contributed by atoms with E-state index in [2.05, 4.69) is 21.2 Å². The highest BCUT2D eigenvalue weighted by atomic mass is 32.1. The van der Waals surface area contributed by atoms with E-state index < -0.39 is 0 Å². The summed E-state index contributed by atoms with van der Waals surface area (Å²) in [7, 11) is 4.96. The first-order chi connectivity index (χ1) is 11.3. The zero-order valence-electron chi connectivity index (χ0n) is 12.4. The van der Waals surface area contributed by atoms with E-state index in [0.717, 1.165) is 17.0 Å². The molecule has 9 heteroatoms. The average molecular weight is 330 g/mol. The quantitative estimate of drug-likeness (QED) is 0.327. The Kier molecular flexibility index (Phi) is 4.77. The van der Waals surface area contributed by atoms with Crippen LogP contribution < -0.4 is 0 Å². The van der Waals surface area contributed by atoms with E-state index in [9.17, 15) is 4.79 Å². The summed E-state index contributed by atoms with van der Waals surface area (Å²) < 4.78 is 4.37. The second-order valence-corrected chi connectivity index (χ2v) is 5.89. The maximum absolute atomic E-state index is 12.6. The number of urea groups is 1. The fourth-order valence-corrected chi connectivity index (χ4v) is 3.45. The van der Waals surface area contributed by atoms with Gasteiger partial charge in [-0.2, -0.15) is 5.06 Å². The van der Waals surface area contributed by atoms with Gasteiger partial charge in [-0.3, -0.25) is 9.83 Å². The van der Waals surface area contributed by atoms with Crippen molar-refractivity contribution in [2.45, 2.75) is 12.1 Å². The van der Waals surface area contributed by atoms with Crippen LogP contribution in [0.4, 0.5) is 4.79 Å². The van der Waals surface area contributed by atoms with Crippen LogP contribution in [0, 0.1) is 0 Å². The number of carbonyl (C=O) groups excluding carboxylic acids is 1. The lowest BCUT2D eigenvalue weighted by Gasteiger charge is -2.29. The van der Waals surface area contributed by atoms with E-state index in [1.807, 2.05) is 11.5 Å². The normalized spacial score (nSPS) is 23.5. The number of hydrogen-bond donors (Lipinski definition) is 0. The molecule has 0 spiro atoms. The van der Waals surface area contributed by atoms with Crippen molar-refractivity contribution in [1.82, 2.24) is 14.9 Å². The van der Waals surface area contributed by atoms with E-state index in [0.29, 0.717) is 13.1 Å². The van der Waals surface area contributed by atoms with Crippen molar-refractivity contribution in [3.63, 3.8) is 0 Å². The van der Waals surface area contributed by atoms with Crippen molar-refractivity contribution < 1.29 is 14.3 Å². The Morgan fingerprint density at radius 2 is 2.48 bits per heavy atom. The molecule has 2 bridgehead atoms. The molecule has 2 aliphatic heterocycles.